The molecular formula is C16H21N3O2. The van der Waals surface area contributed by atoms with Crippen LogP contribution in [0.15, 0.2) is 22.6 Å². The first-order chi connectivity index (χ1) is 10.1. The summed E-state index contributed by atoms with van der Waals surface area (Å²) in [4.78, 5) is 2.38. The Bertz CT molecular complexity index is 624. The van der Waals surface area contributed by atoms with Crippen LogP contribution in [-0.4, -0.2) is 34.8 Å². The molecule has 5 heteroatoms. The van der Waals surface area contributed by atoms with Gasteiger partial charge in [0.15, 0.2) is 0 Å². The maximum Gasteiger partial charge on any atom is 0.246 e. The third kappa shape index (κ3) is 3.31. The van der Waals surface area contributed by atoms with Crippen LogP contribution < -0.4 is 0 Å². The molecule has 2 heterocycles. The summed E-state index contributed by atoms with van der Waals surface area (Å²) in [5.41, 5.74) is 4.00. The zero-order valence-corrected chi connectivity index (χ0v) is 12.8. The molecule has 21 heavy (non-hydrogen) atoms. The monoisotopic (exact) mass is 287 g/mol. The maximum absolute atomic E-state index is 5.76. The lowest BCUT2D eigenvalue weighted by Gasteiger charge is -2.31. The van der Waals surface area contributed by atoms with Gasteiger partial charge in [-0.05, 0) is 25.0 Å². The molecule has 1 atom stereocenters. The highest BCUT2D eigenvalue weighted by Crippen LogP contribution is 2.23. The van der Waals surface area contributed by atoms with Crippen molar-refractivity contribution in [3.05, 3.63) is 46.7 Å². The molecule has 1 aromatic heterocycles. The molecule has 1 fully saturated rings. The number of hydrogen-bond donors (Lipinski definition) is 0. The molecule has 2 aromatic rings. The van der Waals surface area contributed by atoms with E-state index in [4.69, 9.17) is 9.15 Å². The number of benzene rings is 1. The second kappa shape index (κ2) is 5.95. The van der Waals surface area contributed by atoms with Gasteiger partial charge in [-0.2, -0.15) is 0 Å². The quantitative estimate of drug-likeness (QED) is 0.868. The minimum Gasteiger partial charge on any atom is -0.423 e. The number of hydrogen-bond acceptors (Lipinski definition) is 5. The average Bonchev–Trinajstić information content (AvgIpc) is 2.90. The van der Waals surface area contributed by atoms with Crippen LogP contribution in [-0.2, 0) is 11.3 Å². The van der Waals surface area contributed by atoms with Gasteiger partial charge in [-0.15, -0.1) is 10.2 Å². The Morgan fingerprint density at radius 2 is 2.10 bits per heavy atom. The van der Waals surface area contributed by atoms with Crippen molar-refractivity contribution in [1.29, 1.82) is 0 Å². The van der Waals surface area contributed by atoms with Crippen LogP contribution in [0.3, 0.4) is 0 Å². The first-order valence-corrected chi connectivity index (χ1v) is 7.32. The first-order valence-electron chi connectivity index (χ1n) is 7.32. The molecular weight excluding hydrogens is 266 g/mol. The van der Waals surface area contributed by atoms with Crippen LogP contribution in [0.1, 0.15) is 34.6 Å². The predicted octanol–water partition coefficient (Wildman–Crippen LogP) is 2.57. The standard InChI is InChI=1S/C16H21N3O2/c1-11-4-5-12(2)14(8-11)9-19-6-7-20-15(10-19)16-18-17-13(3)21-16/h4-5,8,15H,6-7,9-10H2,1-3H3. The number of ether oxygens (including phenoxy) is 1. The van der Waals surface area contributed by atoms with E-state index in [1.165, 1.54) is 16.7 Å². The topological polar surface area (TPSA) is 51.4 Å². The smallest absolute Gasteiger partial charge is 0.246 e. The van der Waals surface area contributed by atoms with E-state index in [1.807, 2.05) is 0 Å². The van der Waals surface area contributed by atoms with Gasteiger partial charge in [0.05, 0.1) is 6.61 Å². The third-order valence-electron chi connectivity index (χ3n) is 3.87. The molecule has 0 N–H and O–H groups in total. The summed E-state index contributed by atoms with van der Waals surface area (Å²) >= 11 is 0. The van der Waals surface area contributed by atoms with Crippen LogP contribution >= 0.6 is 0 Å². The van der Waals surface area contributed by atoms with Crippen LogP contribution in [0.5, 0.6) is 0 Å². The molecule has 1 aliphatic rings. The Balaban J connectivity index is 1.70. The SMILES string of the molecule is Cc1ccc(C)c(CN2CCOC(c3nnc(C)o3)C2)c1. The summed E-state index contributed by atoms with van der Waals surface area (Å²) in [5, 5.41) is 7.96. The molecule has 0 saturated carbocycles. The van der Waals surface area contributed by atoms with E-state index in [2.05, 4.69) is 47.1 Å². The first kappa shape index (κ1) is 14.2. The zero-order chi connectivity index (χ0) is 14.8. The lowest BCUT2D eigenvalue weighted by molar-refractivity contribution is -0.0457. The zero-order valence-electron chi connectivity index (χ0n) is 12.8. The van der Waals surface area contributed by atoms with E-state index in [1.54, 1.807) is 6.92 Å². The van der Waals surface area contributed by atoms with Crippen LogP contribution in [0.2, 0.25) is 0 Å². The number of aryl methyl sites for hydroxylation is 3. The Morgan fingerprint density at radius 3 is 2.86 bits per heavy atom. The van der Waals surface area contributed by atoms with Gasteiger partial charge >= 0.3 is 0 Å². The van der Waals surface area contributed by atoms with Crippen molar-refractivity contribution in [2.24, 2.45) is 0 Å². The molecule has 3 rings (SSSR count). The predicted molar refractivity (Wildman–Crippen MR) is 78.9 cm³/mol. The highest BCUT2D eigenvalue weighted by molar-refractivity contribution is 5.30. The van der Waals surface area contributed by atoms with E-state index in [0.717, 1.165) is 19.6 Å². The van der Waals surface area contributed by atoms with Crippen molar-refractivity contribution < 1.29 is 9.15 Å². The van der Waals surface area contributed by atoms with Gasteiger partial charge in [0.1, 0.15) is 6.10 Å². The minimum atomic E-state index is -0.120. The van der Waals surface area contributed by atoms with Crippen LogP contribution in [0.25, 0.3) is 0 Å². The largest absolute Gasteiger partial charge is 0.423 e. The van der Waals surface area contributed by atoms with Crippen molar-refractivity contribution in [2.75, 3.05) is 19.7 Å². The lowest BCUT2D eigenvalue weighted by Crippen LogP contribution is -2.38. The van der Waals surface area contributed by atoms with E-state index >= 15 is 0 Å². The molecule has 5 nitrogen and oxygen atoms in total. The van der Waals surface area contributed by atoms with Crippen molar-refractivity contribution in [1.82, 2.24) is 15.1 Å². The summed E-state index contributed by atoms with van der Waals surface area (Å²) in [6, 6.07) is 6.60. The van der Waals surface area contributed by atoms with E-state index in [9.17, 15) is 0 Å². The maximum atomic E-state index is 5.76. The van der Waals surface area contributed by atoms with Gasteiger partial charge in [0.2, 0.25) is 11.8 Å². The molecule has 1 aliphatic heterocycles. The normalized spacial score (nSPS) is 19.9. The molecule has 0 amide bonds. The molecule has 1 saturated heterocycles. The lowest BCUT2D eigenvalue weighted by atomic mass is 10.0. The molecule has 1 aromatic carbocycles. The molecule has 0 radical (unpaired) electrons. The van der Waals surface area contributed by atoms with Crippen molar-refractivity contribution in [3.63, 3.8) is 0 Å². The Hall–Kier alpha value is -1.72. The highest BCUT2D eigenvalue weighted by Gasteiger charge is 2.26. The molecule has 0 spiro atoms. The highest BCUT2D eigenvalue weighted by atomic mass is 16.5. The van der Waals surface area contributed by atoms with E-state index < -0.39 is 0 Å². The fraction of sp³-hybridized carbons (Fsp3) is 0.500. The average molecular weight is 287 g/mol. The minimum absolute atomic E-state index is 0.120. The summed E-state index contributed by atoms with van der Waals surface area (Å²) in [5.74, 6) is 1.17. The summed E-state index contributed by atoms with van der Waals surface area (Å²) in [6.45, 7) is 9.43. The van der Waals surface area contributed by atoms with Crippen molar-refractivity contribution in [3.8, 4) is 0 Å². The second-order valence-electron chi connectivity index (χ2n) is 5.68. The van der Waals surface area contributed by atoms with Gasteiger partial charge in [-0.3, -0.25) is 4.90 Å². The van der Waals surface area contributed by atoms with Crippen molar-refractivity contribution >= 4 is 0 Å². The van der Waals surface area contributed by atoms with Gasteiger partial charge in [0, 0.05) is 26.6 Å². The molecule has 112 valence electrons. The van der Waals surface area contributed by atoms with E-state index in [0.29, 0.717) is 18.4 Å². The van der Waals surface area contributed by atoms with Crippen LogP contribution in [0.4, 0.5) is 0 Å². The number of nitrogens with zero attached hydrogens (tertiary/aromatic N) is 3. The van der Waals surface area contributed by atoms with Gasteiger partial charge < -0.3 is 9.15 Å². The fourth-order valence-corrected chi connectivity index (χ4v) is 2.65. The van der Waals surface area contributed by atoms with Crippen molar-refractivity contribution in [2.45, 2.75) is 33.4 Å². The van der Waals surface area contributed by atoms with Gasteiger partial charge in [-0.1, -0.05) is 23.8 Å². The fourth-order valence-electron chi connectivity index (χ4n) is 2.65. The summed E-state index contributed by atoms with van der Waals surface area (Å²) < 4.78 is 11.3. The number of aromatic nitrogens is 2. The second-order valence-corrected chi connectivity index (χ2v) is 5.68. The van der Waals surface area contributed by atoms with E-state index in [-0.39, 0.29) is 6.10 Å². The Morgan fingerprint density at radius 1 is 1.24 bits per heavy atom. The number of morpholine rings is 1. The summed E-state index contributed by atoms with van der Waals surface area (Å²) in [7, 11) is 0. The molecule has 0 bridgehead atoms. The van der Waals surface area contributed by atoms with Gasteiger partial charge in [0.25, 0.3) is 0 Å². The molecule has 1 unspecified atom stereocenters. The third-order valence-corrected chi connectivity index (χ3v) is 3.87. The molecule has 0 aliphatic carbocycles. The summed E-state index contributed by atoms with van der Waals surface area (Å²) in [6.07, 6.45) is -0.120. The Kier molecular flexibility index (Phi) is 4.03. The number of rotatable bonds is 3. The van der Waals surface area contributed by atoms with Crippen LogP contribution in [0, 0.1) is 20.8 Å². The van der Waals surface area contributed by atoms with Gasteiger partial charge in [-0.25, -0.2) is 0 Å². The Labute approximate surface area is 124 Å².